The van der Waals surface area contributed by atoms with Crippen LogP contribution in [-0.2, 0) is 9.53 Å². The summed E-state index contributed by atoms with van der Waals surface area (Å²) in [5, 5.41) is 12.0. The van der Waals surface area contributed by atoms with E-state index in [0.29, 0.717) is 10.6 Å². The van der Waals surface area contributed by atoms with E-state index in [-0.39, 0.29) is 18.0 Å². The van der Waals surface area contributed by atoms with Crippen LogP contribution in [0.5, 0.6) is 0 Å². The van der Waals surface area contributed by atoms with Crippen LogP contribution < -0.4 is 0 Å². The van der Waals surface area contributed by atoms with Crippen LogP contribution in [0.15, 0.2) is 53.4 Å². The van der Waals surface area contributed by atoms with Crippen LogP contribution in [0, 0.1) is 10.1 Å². The highest BCUT2D eigenvalue weighted by atomic mass is 35.5. The van der Waals surface area contributed by atoms with Gasteiger partial charge in [-0.15, -0.1) is 11.8 Å². The SMILES string of the molecule is CCOC(=O)C[C@H]1c2ccccc2S[C@H](c2ccccc2Cl)[C@H]1[N+](=O)[O-]. The average molecular weight is 392 g/mol. The number of esters is 1. The molecule has 0 N–H and O–H groups in total. The second-order valence-electron chi connectivity index (χ2n) is 5.99. The largest absolute Gasteiger partial charge is 0.466 e. The Kier molecular flexibility index (Phi) is 5.84. The molecule has 0 fully saturated rings. The lowest BCUT2D eigenvalue weighted by Gasteiger charge is -2.33. The Balaban J connectivity index is 2.08. The van der Waals surface area contributed by atoms with Crippen molar-refractivity contribution in [3.63, 3.8) is 0 Å². The molecule has 3 rings (SSSR count). The topological polar surface area (TPSA) is 69.4 Å². The van der Waals surface area contributed by atoms with Gasteiger partial charge in [0.25, 0.3) is 0 Å². The summed E-state index contributed by atoms with van der Waals surface area (Å²) >= 11 is 7.76. The highest BCUT2D eigenvalue weighted by Gasteiger charge is 2.47. The van der Waals surface area contributed by atoms with E-state index >= 15 is 0 Å². The van der Waals surface area contributed by atoms with Crippen molar-refractivity contribution in [3.8, 4) is 0 Å². The highest BCUT2D eigenvalue weighted by Crippen LogP contribution is 2.52. The van der Waals surface area contributed by atoms with Crippen molar-refractivity contribution in [1.29, 1.82) is 0 Å². The molecule has 1 heterocycles. The summed E-state index contributed by atoms with van der Waals surface area (Å²) in [7, 11) is 0. The number of nitrogens with zero attached hydrogens (tertiary/aromatic N) is 1. The van der Waals surface area contributed by atoms with Gasteiger partial charge in [-0.2, -0.15) is 0 Å². The Morgan fingerprint density at radius 3 is 2.50 bits per heavy atom. The Labute approximate surface area is 160 Å². The van der Waals surface area contributed by atoms with Gasteiger partial charge in [-0.25, -0.2) is 0 Å². The van der Waals surface area contributed by atoms with Crippen molar-refractivity contribution < 1.29 is 14.5 Å². The molecule has 0 amide bonds. The van der Waals surface area contributed by atoms with Gasteiger partial charge in [-0.1, -0.05) is 48.0 Å². The summed E-state index contributed by atoms with van der Waals surface area (Å²) < 4.78 is 5.06. The maximum atomic E-state index is 12.1. The van der Waals surface area contributed by atoms with E-state index in [0.717, 1.165) is 10.5 Å². The molecule has 0 unspecified atom stereocenters. The molecule has 0 bridgehead atoms. The molecule has 0 spiro atoms. The molecule has 0 radical (unpaired) electrons. The predicted octanol–water partition coefficient (Wildman–Crippen LogP) is 4.87. The van der Waals surface area contributed by atoms with Crippen molar-refractivity contribution in [2.45, 2.75) is 35.4 Å². The number of hydrogen-bond donors (Lipinski definition) is 0. The maximum absolute atomic E-state index is 12.1. The zero-order chi connectivity index (χ0) is 18.7. The number of hydrogen-bond acceptors (Lipinski definition) is 5. The number of carbonyl (C=O) groups is 1. The lowest BCUT2D eigenvalue weighted by atomic mass is 9.84. The second kappa shape index (κ2) is 8.10. The first-order valence-corrected chi connectivity index (χ1v) is 9.57. The molecular weight excluding hydrogens is 374 g/mol. The first-order valence-electron chi connectivity index (χ1n) is 8.32. The lowest BCUT2D eigenvalue weighted by Crippen LogP contribution is -2.37. The van der Waals surface area contributed by atoms with Gasteiger partial charge in [0.1, 0.15) is 5.25 Å². The molecule has 0 aliphatic carbocycles. The van der Waals surface area contributed by atoms with Crippen molar-refractivity contribution >= 4 is 29.3 Å². The first-order chi connectivity index (χ1) is 12.5. The van der Waals surface area contributed by atoms with E-state index < -0.39 is 23.2 Å². The second-order valence-corrected chi connectivity index (χ2v) is 7.58. The van der Waals surface area contributed by atoms with Crippen LogP contribution in [0.25, 0.3) is 0 Å². The normalized spacial score (nSPS) is 21.7. The minimum absolute atomic E-state index is 0.0297. The number of ether oxygens (including phenoxy) is 1. The van der Waals surface area contributed by atoms with Crippen LogP contribution in [0.4, 0.5) is 0 Å². The molecular formula is C19H18ClNO4S. The summed E-state index contributed by atoms with van der Waals surface area (Å²) in [5.41, 5.74) is 1.53. The Bertz CT molecular complexity index is 829. The third-order valence-corrected chi connectivity index (χ3v) is 6.20. The van der Waals surface area contributed by atoms with Gasteiger partial charge in [0.15, 0.2) is 0 Å². The summed E-state index contributed by atoms with van der Waals surface area (Å²) in [5.74, 6) is -0.994. The fourth-order valence-corrected chi connectivity index (χ4v) is 5.20. The van der Waals surface area contributed by atoms with Crippen LogP contribution >= 0.6 is 23.4 Å². The molecule has 136 valence electrons. The van der Waals surface area contributed by atoms with Gasteiger partial charge in [-0.05, 0) is 30.2 Å². The Hall–Kier alpha value is -2.05. The number of thioether (sulfide) groups is 1. The van der Waals surface area contributed by atoms with Gasteiger partial charge in [-0.3, -0.25) is 14.9 Å². The van der Waals surface area contributed by atoms with Crippen LogP contribution in [0.2, 0.25) is 5.02 Å². The van der Waals surface area contributed by atoms with E-state index in [2.05, 4.69) is 0 Å². The van der Waals surface area contributed by atoms with Crippen LogP contribution in [-0.4, -0.2) is 23.5 Å². The zero-order valence-corrected chi connectivity index (χ0v) is 15.7. The predicted molar refractivity (Wildman–Crippen MR) is 101 cm³/mol. The number of halogens is 1. The summed E-state index contributed by atoms with van der Waals surface area (Å²) in [6, 6.07) is 13.7. The number of carbonyl (C=O) groups excluding carboxylic acids is 1. The monoisotopic (exact) mass is 391 g/mol. The van der Waals surface area contributed by atoms with Gasteiger partial charge < -0.3 is 4.74 Å². The van der Waals surface area contributed by atoms with E-state index in [9.17, 15) is 14.9 Å². The average Bonchev–Trinajstić information content (AvgIpc) is 2.61. The summed E-state index contributed by atoms with van der Waals surface area (Å²) in [6.45, 7) is 1.97. The number of benzene rings is 2. The van der Waals surface area contributed by atoms with Crippen LogP contribution in [0.3, 0.4) is 0 Å². The third-order valence-electron chi connectivity index (χ3n) is 4.44. The maximum Gasteiger partial charge on any atom is 0.306 e. The molecule has 1 aliphatic rings. The van der Waals surface area contributed by atoms with E-state index in [1.165, 1.54) is 11.8 Å². The summed E-state index contributed by atoms with van der Waals surface area (Å²) in [6.07, 6.45) is -0.0297. The minimum Gasteiger partial charge on any atom is -0.466 e. The number of fused-ring (bicyclic) bond motifs is 1. The molecule has 0 saturated heterocycles. The van der Waals surface area contributed by atoms with Gasteiger partial charge in [0, 0.05) is 14.8 Å². The fourth-order valence-electron chi connectivity index (χ4n) is 3.34. The molecule has 3 atom stereocenters. The number of nitro groups is 1. The first kappa shape index (κ1) is 18.7. The molecule has 5 nitrogen and oxygen atoms in total. The summed E-state index contributed by atoms with van der Waals surface area (Å²) in [4.78, 5) is 24.8. The smallest absolute Gasteiger partial charge is 0.306 e. The molecule has 0 saturated carbocycles. The van der Waals surface area contributed by atoms with Crippen LogP contribution in [0.1, 0.15) is 35.6 Å². The standard InChI is InChI=1S/C19H18ClNO4S/c1-2-25-17(22)11-14-12-7-4-6-10-16(12)26-19(18(14)21(23)24)13-8-3-5-9-15(13)20/h3-10,14,18-19H,2,11H2,1H3/t14-,18-,19+/m0/s1. The van der Waals surface area contributed by atoms with E-state index in [1.54, 1.807) is 19.1 Å². The quantitative estimate of drug-likeness (QED) is 0.413. The highest BCUT2D eigenvalue weighted by molar-refractivity contribution is 7.99. The molecule has 2 aromatic rings. The molecule has 0 aromatic heterocycles. The molecule has 2 aromatic carbocycles. The Morgan fingerprint density at radius 1 is 1.19 bits per heavy atom. The lowest BCUT2D eigenvalue weighted by molar-refractivity contribution is -0.527. The van der Waals surface area contributed by atoms with Crippen molar-refractivity contribution in [2.75, 3.05) is 6.61 Å². The Morgan fingerprint density at radius 2 is 1.85 bits per heavy atom. The third kappa shape index (κ3) is 3.71. The molecule has 7 heteroatoms. The van der Waals surface area contributed by atoms with E-state index in [1.807, 2.05) is 36.4 Å². The van der Waals surface area contributed by atoms with Gasteiger partial charge in [0.2, 0.25) is 6.04 Å². The fraction of sp³-hybridized carbons (Fsp3) is 0.316. The van der Waals surface area contributed by atoms with E-state index in [4.69, 9.17) is 16.3 Å². The van der Waals surface area contributed by atoms with Crippen molar-refractivity contribution in [2.24, 2.45) is 0 Å². The molecule has 1 aliphatic heterocycles. The van der Waals surface area contributed by atoms with Crippen molar-refractivity contribution in [3.05, 3.63) is 74.8 Å². The minimum atomic E-state index is -0.973. The molecule has 26 heavy (non-hydrogen) atoms. The van der Waals surface area contributed by atoms with Gasteiger partial charge in [0.05, 0.1) is 18.9 Å². The number of rotatable bonds is 5. The zero-order valence-electron chi connectivity index (χ0n) is 14.1. The van der Waals surface area contributed by atoms with Gasteiger partial charge >= 0.3 is 5.97 Å². The van der Waals surface area contributed by atoms with Crippen molar-refractivity contribution in [1.82, 2.24) is 0 Å².